The monoisotopic (exact) mass is 248 g/mol. The molecule has 2 aromatic heterocycles. The van der Waals surface area contributed by atoms with Crippen molar-refractivity contribution in [1.82, 2.24) is 4.40 Å². The Kier molecular flexibility index (Phi) is 2.93. The molecule has 2 heterocycles. The molecule has 0 atom stereocenters. The Morgan fingerprint density at radius 1 is 1.05 bits per heavy atom. The predicted octanol–water partition coefficient (Wildman–Crippen LogP) is 4.42. The van der Waals surface area contributed by atoms with E-state index in [-0.39, 0.29) is 0 Å². The van der Waals surface area contributed by atoms with E-state index in [1.807, 2.05) is 42.7 Å². The smallest absolute Gasteiger partial charge is 0.0532 e. The summed E-state index contributed by atoms with van der Waals surface area (Å²) in [6.45, 7) is 0.363. The van der Waals surface area contributed by atoms with Gasteiger partial charge in [0.15, 0.2) is 0 Å². The van der Waals surface area contributed by atoms with Crippen LogP contribution in [0.25, 0.3) is 27.1 Å². The number of hydrogen-bond donors (Lipinski definition) is 0. The van der Waals surface area contributed by atoms with Crippen molar-refractivity contribution in [2.45, 2.75) is 6.54 Å². The van der Waals surface area contributed by atoms with E-state index in [4.69, 9.17) is 5.53 Å². The maximum absolute atomic E-state index is 8.52. The molecule has 4 nitrogen and oxygen atoms in total. The zero-order valence-electron chi connectivity index (χ0n) is 10.3. The van der Waals surface area contributed by atoms with Gasteiger partial charge in [-0.2, -0.15) is 0 Å². The zero-order chi connectivity index (χ0) is 13.1. The highest BCUT2D eigenvalue weighted by atomic mass is 15.1. The summed E-state index contributed by atoms with van der Waals surface area (Å²) in [5, 5.41) is 3.69. The third-order valence-corrected chi connectivity index (χ3v) is 3.13. The van der Waals surface area contributed by atoms with Gasteiger partial charge in [0.25, 0.3) is 0 Å². The minimum Gasteiger partial charge on any atom is -0.323 e. The molecule has 0 aliphatic heterocycles. The summed E-state index contributed by atoms with van der Waals surface area (Å²) < 4.78 is 2.06. The minimum atomic E-state index is 0.363. The van der Waals surface area contributed by atoms with E-state index in [2.05, 4.69) is 32.6 Å². The lowest BCUT2D eigenvalue weighted by atomic mass is 10.0. The summed E-state index contributed by atoms with van der Waals surface area (Å²) >= 11 is 0. The molecule has 0 radical (unpaired) electrons. The first kappa shape index (κ1) is 11.4. The predicted molar refractivity (Wildman–Crippen MR) is 75.7 cm³/mol. The summed E-state index contributed by atoms with van der Waals surface area (Å²) in [5.74, 6) is 0. The number of rotatable bonds is 3. The van der Waals surface area contributed by atoms with Crippen molar-refractivity contribution in [2.75, 3.05) is 0 Å². The van der Waals surface area contributed by atoms with Crippen LogP contribution in [0.1, 0.15) is 5.56 Å². The average Bonchev–Trinajstić information content (AvgIpc) is 2.84. The van der Waals surface area contributed by atoms with Crippen LogP contribution >= 0.6 is 0 Å². The number of pyridine rings is 1. The molecule has 0 N–H and O–H groups in total. The molecule has 0 aliphatic carbocycles. The number of azide groups is 1. The molecule has 0 saturated heterocycles. The third-order valence-electron chi connectivity index (χ3n) is 3.13. The molecule has 3 aromatic rings. The second-order valence-electron chi connectivity index (χ2n) is 4.28. The number of hydrogen-bond acceptors (Lipinski definition) is 1. The summed E-state index contributed by atoms with van der Waals surface area (Å²) in [4.78, 5) is 2.85. The fraction of sp³-hybridized carbons (Fsp3) is 0.0667. The first-order chi connectivity index (χ1) is 9.40. The van der Waals surface area contributed by atoms with Crippen LogP contribution in [0.2, 0.25) is 0 Å². The topological polar surface area (TPSA) is 53.2 Å². The van der Waals surface area contributed by atoms with Gasteiger partial charge in [-0.05, 0) is 28.8 Å². The minimum absolute atomic E-state index is 0.363. The summed E-state index contributed by atoms with van der Waals surface area (Å²) in [7, 11) is 0. The van der Waals surface area contributed by atoms with Gasteiger partial charge in [0, 0.05) is 22.9 Å². The fourth-order valence-corrected chi connectivity index (χ4v) is 2.34. The molecule has 0 spiro atoms. The Balaban J connectivity index is 2.27. The normalized spacial score (nSPS) is 10.3. The number of benzene rings is 1. The molecule has 0 bridgehead atoms. The molecule has 92 valence electrons. The van der Waals surface area contributed by atoms with Crippen molar-refractivity contribution in [3.05, 3.63) is 76.9 Å². The van der Waals surface area contributed by atoms with Gasteiger partial charge in [-0.25, -0.2) is 0 Å². The Morgan fingerprint density at radius 3 is 2.63 bits per heavy atom. The van der Waals surface area contributed by atoms with Crippen LogP contribution in [0.5, 0.6) is 0 Å². The molecular formula is C15H12N4. The average molecular weight is 248 g/mol. The van der Waals surface area contributed by atoms with Crippen LogP contribution in [0.4, 0.5) is 0 Å². The van der Waals surface area contributed by atoms with E-state index in [1.165, 1.54) is 0 Å². The molecular weight excluding hydrogens is 236 g/mol. The number of nitrogens with zero attached hydrogens (tertiary/aromatic N) is 4. The number of aromatic nitrogens is 1. The van der Waals surface area contributed by atoms with Crippen LogP contribution in [-0.4, -0.2) is 4.40 Å². The van der Waals surface area contributed by atoms with Crippen molar-refractivity contribution in [1.29, 1.82) is 0 Å². The van der Waals surface area contributed by atoms with Crippen molar-refractivity contribution >= 4 is 5.52 Å². The molecule has 0 aliphatic rings. The van der Waals surface area contributed by atoms with Crippen molar-refractivity contribution in [3.63, 3.8) is 0 Å². The standard InChI is InChI=1S/C15H12N4/c16-18-17-10-13-11-19-9-5-4-8-14(19)15(13)12-6-2-1-3-7-12/h1-9,11H,10H2. The first-order valence-corrected chi connectivity index (χ1v) is 6.05. The van der Waals surface area contributed by atoms with Gasteiger partial charge < -0.3 is 4.40 Å². The molecule has 3 rings (SSSR count). The highest BCUT2D eigenvalue weighted by Gasteiger charge is 2.11. The van der Waals surface area contributed by atoms with Gasteiger partial charge >= 0.3 is 0 Å². The Morgan fingerprint density at radius 2 is 1.84 bits per heavy atom. The second kappa shape index (κ2) is 4.88. The highest BCUT2D eigenvalue weighted by Crippen LogP contribution is 2.30. The lowest BCUT2D eigenvalue weighted by Crippen LogP contribution is -1.83. The van der Waals surface area contributed by atoms with E-state index >= 15 is 0 Å². The fourth-order valence-electron chi connectivity index (χ4n) is 2.34. The van der Waals surface area contributed by atoms with Gasteiger partial charge in [0.05, 0.1) is 12.1 Å². The highest BCUT2D eigenvalue weighted by molar-refractivity contribution is 5.84. The van der Waals surface area contributed by atoms with E-state index in [9.17, 15) is 0 Å². The molecule has 0 fully saturated rings. The Bertz CT molecular complexity index is 752. The molecule has 0 unspecified atom stereocenters. The van der Waals surface area contributed by atoms with Gasteiger partial charge in [0.1, 0.15) is 0 Å². The van der Waals surface area contributed by atoms with Gasteiger partial charge in [0.2, 0.25) is 0 Å². The zero-order valence-corrected chi connectivity index (χ0v) is 10.3. The lowest BCUT2D eigenvalue weighted by molar-refractivity contribution is 1.04. The van der Waals surface area contributed by atoms with Crippen molar-refractivity contribution in [2.24, 2.45) is 5.11 Å². The van der Waals surface area contributed by atoms with E-state index in [0.717, 1.165) is 22.2 Å². The van der Waals surface area contributed by atoms with Gasteiger partial charge in [-0.1, -0.05) is 41.5 Å². The van der Waals surface area contributed by atoms with E-state index in [0.29, 0.717) is 6.54 Å². The Hall–Kier alpha value is -2.71. The van der Waals surface area contributed by atoms with Crippen molar-refractivity contribution in [3.8, 4) is 11.1 Å². The van der Waals surface area contributed by atoms with Gasteiger partial charge in [-0.3, -0.25) is 0 Å². The second-order valence-corrected chi connectivity index (χ2v) is 4.28. The number of fused-ring (bicyclic) bond motifs is 1. The SMILES string of the molecule is [N-]=[N+]=NCc1cn2ccccc2c1-c1ccccc1. The quantitative estimate of drug-likeness (QED) is 0.374. The van der Waals surface area contributed by atoms with Crippen LogP contribution in [0, 0.1) is 0 Å². The van der Waals surface area contributed by atoms with Gasteiger partial charge in [-0.15, -0.1) is 0 Å². The third kappa shape index (κ3) is 2.05. The van der Waals surface area contributed by atoms with Crippen LogP contribution in [0.3, 0.4) is 0 Å². The summed E-state index contributed by atoms with van der Waals surface area (Å²) in [6, 6.07) is 16.2. The molecule has 0 amide bonds. The van der Waals surface area contributed by atoms with E-state index in [1.54, 1.807) is 0 Å². The maximum Gasteiger partial charge on any atom is 0.0532 e. The van der Waals surface area contributed by atoms with Crippen LogP contribution in [-0.2, 0) is 6.54 Å². The van der Waals surface area contributed by atoms with Crippen molar-refractivity contribution < 1.29 is 0 Å². The lowest BCUT2D eigenvalue weighted by Gasteiger charge is -2.03. The maximum atomic E-state index is 8.52. The largest absolute Gasteiger partial charge is 0.323 e. The van der Waals surface area contributed by atoms with Crippen LogP contribution in [0.15, 0.2) is 66.0 Å². The molecule has 1 aromatic carbocycles. The Labute approximate surface area is 110 Å². The summed E-state index contributed by atoms with van der Waals surface area (Å²) in [5.41, 5.74) is 12.9. The first-order valence-electron chi connectivity index (χ1n) is 6.05. The molecule has 0 saturated carbocycles. The van der Waals surface area contributed by atoms with E-state index < -0.39 is 0 Å². The van der Waals surface area contributed by atoms with Crippen LogP contribution < -0.4 is 0 Å². The molecule has 19 heavy (non-hydrogen) atoms. The summed E-state index contributed by atoms with van der Waals surface area (Å²) in [6.07, 6.45) is 4.02. The molecule has 4 heteroatoms.